The molecule has 0 saturated carbocycles. The van der Waals surface area contributed by atoms with E-state index in [1.54, 1.807) is 0 Å². The third kappa shape index (κ3) is 6.36. The van der Waals surface area contributed by atoms with Crippen LogP contribution in [0.2, 0.25) is 0 Å². The fourth-order valence-corrected chi connectivity index (χ4v) is 4.36. The van der Waals surface area contributed by atoms with Crippen molar-refractivity contribution in [1.29, 1.82) is 0 Å². The van der Waals surface area contributed by atoms with Crippen molar-refractivity contribution in [2.45, 2.75) is 44.8 Å². The largest absolute Gasteiger partial charge is 0.387 e. The summed E-state index contributed by atoms with van der Waals surface area (Å²) in [5.41, 5.74) is 0.617. The van der Waals surface area contributed by atoms with Crippen molar-refractivity contribution >= 4 is 17.7 Å². The lowest BCUT2D eigenvalue weighted by molar-refractivity contribution is 0.0778. The molecule has 23 heavy (non-hydrogen) atoms. The zero-order chi connectivity index (χ0) is 16.7. The van der Waals surface area contributed by atoms with Gasteiger partial charge in [-0.15, -0.1) is 0 Å². The molecule has 2 rings (SSSR count). The number of aliphatic imine (C=N–C) groups is 1. The first-order valence-corrected chi connectivity index (χ1v) is 9.88. The number of hydrogen-bond acceptors (Lipinski definition) is 4. The SMILES string of the molecule is C=C(C)CN1CCC(NC(=NCC2(O)CCSC2)NCC)CC1. The molecule has 0 amide bonds. The molecule has 5 nitrogen and oxygen atoms in total. The standard InChI is InChI=1S/C17H32N4OS/c1-4-18-16(19-12-17(22)7-10-23-13-17)20-15-5-8-21(9-6-15)11-14(2)3/h15,22H,2,4-13H2,1,3H3,(H2,18,19,20). The Morgan fingerprint density at radius 1 is 1.43 bits per heavy atom. The lowest BCUT2D eigenvalue weighted by Crippen LogP contribution is -2.49. The van der Waals surface area contributed by atoms with Crippen LogP contribution in [0.25, 0.3) is 0 Å². The summed E-state index contributed by atoms with van der Waals surface area (Å²) < 4.78 is 0. The van der Waals surface area contributed by atoms with Gasteiger partial charge < -0.3 is 15.7 Å². The maximum absolute atomic E-state index is 10.4. The molecule has 0 aromatic rings. The Labute approximate surface area is 145 Å². The van der Waals surface area contributed by atoms with Gasteiger partial charge in [-0.3, -0.25) is 9.89 Å². The number of piperidine rings is 1. The van der Waals surface area contributed by atoms with E-state index < -0.39 is 5.60 Å². The minimum atomic E-state index is -0.613. The molecule has 3 N–H and O–H groups in total. The molecule has 1 unspecified atom stereocenters. The lowest BCUT2D eigenvalue weighted by Gasteiger charge is -2.33. The van der Waals surface area contributed by atoms with Crippen LogP contribution < -0.4 is 10.6 Å². The molecule has 132 valence electrons. The Kier molecular flexibility index (Phi) is 7.24. The van der Waals surface area contributed by atoms with Crippen LogP contribution in [0.15, 0.2) is 17.1 Å². The Balaban J connectivity index is 1.81. The minimum absolute atomic E-state index is 0.460. The molecule has 1 atom stereocenters. The maximum Gasteiger partial charge on any atom is 0.191 e. The number of guanidine groups is 1. The topological polar surface area (TPSA) is 59.9 Å². The van der Waals surface area contributed by atoms with Crippen molar-refractivity contribution in [3.63, 3.8) is 0 Å². The van der Waals surface area contributed by atoms with Gasteiger partial charge in [0, 0.05) is 38.0 Å². The van der Waals surface area contributed by atoms with Crippen molar-refractivity contribution in [2.24, 2.45) is 4.99 Å². The average molecular weight is 341 g/mol. The summed E-state index contributed by atoms with van der Waals surface area (Å²) in [5.74, 6) is 2.68. The molecule has 0 bridgehead atoms. The molecule has 0 radical (unpaired) electrons. The fraction of sp³-hybridized carbons (Fsp3) is 0.824. The molecule has 0 spiro atoms. The summed E-state index contributed by atoms with van der Waals surface area (Å²) in [7, 11) is 0. The van der Waals surface area contributed by atoms with Gasteiger partial charge >= 0.3 is 0 Å². The van der Waals surface area contributed by atoms with E-state index in [2.05, 4.69) is 41.0 Å². The summed E-state index contributed by atoms with van der Waals surface area (Å²) >= 11 is 1.81. The summed E-state index contributed by atoms with van der Waals surface area (Å²) in [6.07, 6.45) is 3.09. The first-order valence-electron chi connectivity index (χ1n) is 8.72. The van der Waals surface area contributed by atoms with Crippen LogP contribution in [-0.4, -0.2) is 71.8 Å². The second-order valence-electron chi connectivity index (χ2n) is 6.87. The van der Waals surface area contributed by atoms with Gasteiger partial charge in [0.1, 0.15) is 0 Å². The Hall–Kier alpha value is -0.720. The molecule has 2 heterocycles. The van der Waals surface area contributed by atoms with Crippen LogP contribution in [0.3, 0.4) is 0 Å². The van der Waals surface area contributed by atoms with Crippen LogP contribution in [0.1, 0.15) is 33.1 Å². The molecule has 0 aliphatic carbocycles. The minimum Gasteiger partial charge on any atom is -0.387 e. The summed E-state index contributed by atoms with van der Waals surface area (Å²) in [4.78, 5) is 7.09. The Bertz CT molecular complexity index is 413. The van der Waals surface area contributed by atoms with E-state index in [1.807, 2.05) is 11.8 Å². The van der Waals surface area contributed by atoms with Gasteiger partial charge in [-0.25, -0.2) is 0 Å². The first kappa shape index (κ1) is 18.6. The number of nitrogens with zero attached hydrogens (tertiary/aromatic N) is 2. The number of rotatable bonds is 6. The third-order valence-electron chi connectivity index (χ3n) is 4.38. The van der Waals surface area contributed by atoms with Gasteiger partial charge in [0.25, 0.3) is 0 Å². The van der Waals surface area contributed by atoms with Crippen molar-refractivity contribution in [2.75, 3.05) is 44.2 Å². The van der Waals surface area contributed by atoms with Crippen LogP contribution in [0.5, 0.6) is 0 Å². The van der Waals surface area contributed by atoms with Crippen LogP contribution in [0.4, 0.5) is 0 Å². The number of aliphatic hydroxyl groups is 1. The lowest BCUT2D eigenvalue weighted by atomic mass is 10.0. The van der Waals surface area contributed by atoms with E-state index in [0.29, 0.717) is 12.6 Å². The Morgan fingerprint density at radius 2 is 2.17 bits per heavy atom. The molecular formula is C17H32N4OS. The Morgan fingerprint density at radius 3 is 2.74 bits per heavy atom. The van der Waals surface area contributed by atoms with E-state index in [1.165, 1.54) is 5.57 Å². The van der Waals surface area contributed by atoms with E-state index in [4.69, 9.17) is 0 Å². The van der Waals surface area contributed by atoms with E-state index in [9.17, 15) is 5.11 Å². The van der Waals surface area contributed by atoms with E-state index in [-0.39, 0.29) is 0 Å². The zero-order valence-electron chi connectivity index (χ0n) is 14.6. The number of likely N-dealkylation sites (tertiary alicyclic amines) is 1. The fourth-order valence-electron chi connectivity index (χ4n) is 3.08. The van der Waals surface area contributed by atoms with E-state index >= 15 is 0 Å². The molecule has 0 aromatic carbocycles. The zero-order valence-corrected chi connectivity index (χ0v) is 15.4. The normalized spacial score (nSPS) is 27.2. The summed E-state index contributed by atoms with van der Waals surface area (Å²) in [6.45, 7) is 12.7. The van der Waals surface area contributed by atoms with E-state index in [0.717, 1.165) is 62.9 Å². The van der Waals surface area contributed by atoms with Crippen LogP contribution in [-0.2, 0) is 0 Å². The molecule has 6 heteroatoms. The highest BCUT2D eigenvalue weighted by atomic mass is 32.2. The monoisotopic (exact) mass is 340 g/mol. The van der Waals surface area contributed by atoms with Crippen LogP contribution >= 0.6 is 11.8 Å². The maximum atomic E-state index is 10.4. The smallest absolute Gasteiger partial charge is 0.191 e. The average Bonchev–Trinajstić information content (AvgIpc) is 2.94. The van der Waals surface area contributed by atoms with Gasteiger partial charge in [0.2, 0.25) is 0 Å². The predicted molar refractivity (Wildman–Crippen MR) is 100 cm³/mol. The molecular weight excluding hydrogens is 308 g/mol. The number of hydrogen-bond donors (Lipinski definition) is 3. The second kappa shape index (κ2) is 8.94. The first-order chi connectivity index (χ1) is 11.0. The van der Waals surface area contributed by atoms with Gasteiger partial charge in [-0.1, -0.05) is 12.2 Å². The summed E-state index contributed by atoms with van der Waals surface area (Å²) in [6, 6.07) is 0.460. The van der Waals surface area contributed by atoms with Crippen molar-refractivity contribution in [3.05, 3.63) is 12.2 Å². The molecule has 2 aliphatic rings. The highest BCUT2D eigenvalue weighted by Crippen LogP contribution is 2.27. The third-order valence-corrected chi connectivity index (χ3v) is 5.61. The van der Waals surface area contributed by atoms with Crippen molar-refractivity contribution < 1.29 is 5.11 Å². The second-order valence-corrected chi connectivity index (χ2v) is 7.98. The number of thioether (sulfide) groups is 1. The molecule has 2 saturated heterocycles. The number of nitrogens with one attached hydrogen (secondary N) is 2. The van der Waals surface area contributed by atoms with Gasteiger partial charge in [0.05, 0.1) is 12.1 Å². The molecule has 2 fully saturated rings. The van der Waals surface area contributed by atoms with Gasteiger partial charge in [-0.05, 0) is 38.9 Å². The quantitative estimate of drug-likeness (QED) is 0.388. The van der Waals surface area contributed by atoms with Gasteiger partial charge in [0.15, 0.2) is 5.96 Å². The molecule has 0 aromatic heterocycles. The van der Waals surface area contributed by atoms with Crippen molar-refractivity contribution in [1.82, 2.24) is 15.5 Å². The highest BCUT2D eigenvalue weighted by Gasteiger charge is 2.31. The highest BCUT2D eigenvalue weighted by molar-refractivity contribution is 7.99. The molecule has 2 aliphatic heterocycles. The summed E-state index contributed by atoms with van der Waals surface area (Å²) in [5, 5.41) is 17.3. The predicted octanol–water partition coefficient (Wildman–Crippen LogP) is 1.45. The van der Waals surface area contributed by atoms with Gasteiger partial charge in [-0.2, -0.15) is 11.8 Å². The van der Waals surface area contributed by atoms with Crippen molar-refractivity contribution in [3.8, 4) is 0 Å². The van der Waals surface area contributed by atoms with Crippen LogP contribution in [0, 0.1) is 0 Å².